The maximum atomic E-state index is 12.7. The van der Waals surface area contributed by atoms with Crippen molar-refractivity contribution < 1.29 is 24.5 Å². The summed E-state index contributed by atoms with van der Waals surface area (Å²) in [4.78, 5) is 23.7. The van der Waals surface area contributed by atoms with E-state index < -0.39 is 17.5 Å². The van der Waals surface area contributed by atoms with E-state index in [4.69, 9.17) is 9.84 Å². The van der Waals surface area contributed by atoms with Crippen LogP contribution < -0.4 is 10.1 Å². The van der Waals surface area contributed by atoms with Gasteiger partial charge in [0.2, 0.25) is 0 Å². The molecule has 0 fully saturated rings. The van der Waals surface area contributed by atoms with Crippen molar-refractivity contribution >= 4 is 22.8 Å². The Hall–Kier alpha value is -2.54. The molecule has 0 saturated heterocycles. The SMILES string of the molecule is CCCn1c(C)c(C(=O)NCC(C)(O)C(=O)O)c2cc(OC)ccc21. The Labute approximate surface area is 146 Å². The third-order valence-electron chi connectivity index (χ3n) is 4.26. The van der Waals surface area contributed by atoms with Gasteiger partial charge in [-0.15, -0.1) is 0 Å². The van der Waals surface area contributed by atoms with Gasteiger partial charge < -0.3 is 24.8 Å². The van der Waals surface area contributed by atoms with E-state index in [2.05, 4.69) is 16.8 Å². The number of rotatable bonds is 7. The van der Waals surface area contributed by atoms with Gasteiger partial charge in [0.25, 0.3) is 5.91 Å². The Morgan fingerprint density at radius 3 is 2.60 bits per heavy atom. The van der Waals surface area contributed by atoms with Crippen molar-refractivity contribution in [2.75, 3.05) is 13.7 Å². The lowest BCUT2D eigenvalue weighted by Gasteiger charge is -2.18. The van der Waals surface area contributed by atoms with Crippen LogP contribution >= 0.6 is 0 Å². The summed E-state index contributed by atoms with van der Waals surface area (Å²) < 4.78 is 7.31. The Morgan fingerprint density at radius 2 is 2.04 bits per heavy atom. The molecule has 0 spiro atoms. The van der Waals surface area contributed by atoms with Crippen molar-refractivity contribution in [2.24, 2.45) is 0 Å². The number of carboxylic acids is 1. The number of ether oxygens (including phenoxy) is 1. The van der Waals surface area contributed by atoms with Gasteiger partial charge in [-0.1, -0.05) is 6.92 Å². The number of aliphatic carboxylic acids is 1. The highest BCUT2D eigenvalue weighted by atomic mass is 16.5. The maximum Gasteiger partial charge on any atom is 0.337 e. The average Bonchev–Trinajstić information content (AvgIpc) is 2.84. The van der Waals surface area contributed by atoms with Crippen molar-refractivity contribution in [1.29, 1.82) is 0 Å². The zero-order valence-electron chi connectivity index (χ0n) is 14.9. The molecule has 1 aromatic heterocycles. The molecule has 2 rings (SSSR count). The van der Waals surface area contributed by atoms with E-state index in [0.29, 0.717) is 11.3 Å². The zero-order chi connectivity index (χ0) is 18.8. The van der Waals surface area contributed by atoms with Gasteiger partial charge in [-0.3, -0.25) is 4.79 Å². The quantitative estimate of drug-likeness (QED) is 0.710. The molecular weight excluding hydrogens is 324 g/mol. The van der Waals surface area contributed by atoms with Gasteiger partial charge in [-0.05, 0) is 38.5 Å². The van der Waals surface area contributed by atoms with E-state index in [-0.39, 0.29) is 6.54 Å². The van der Waals surface area contributed by atoms with E-state index in [1.54, 1.807) is 13.2 Å². The summed E-state index contributed by atoms with van der Waals surface area (Å²) in [6.07, 6.45) is 0.908. The van der Waals surface area contributed by atoms with Crippen molar-refractivity contribution in [3.8, 4) is 5.75 Å². The van der Waals surface area contributed by atoms with E-state index >= 15 is 0 Å². The molecule has 0 aliphatic heterocycles. The van der Waals surface area contributed by atoms with Crippen LogP contribution in [0, 0.1) is 6.92 Å². The smallest absolute Gasteiger partial charge is 0.337 e. The fourth-order valence-corrected chi connectivity index (χ4v) is 2.80. The largest absolute Gasteiger partial charge is 0.497 e. The van der Waals surface area contributed by atoms with E-state index in [9.17, 15) is 14.7 Å². The predicted octanol–water partition coefficient (Wildman–Crippen LogP) is 1.93. The van der Waals surface area contributed by atoms with E-state index in [0.717, 1.165) is 36.5 Å². The Balaban J connectivity index is 2.46. The highest BCUT2D eigenvalue weighted by molar-refractivity contribution is 6.09. The number of hydrogen-bond acceptors (Lipinski definition) is 4. The molecule has 3 N–H and O–H groups in total. The van der Waals surface area contributed by atoms with Gasteiger partial charge in [0.05, 0.1) is 19.2 Å². The number of aliphatic hydroxyl groups is 1. The molecule has 7 heteroatoms. The Kier molecular flexibility index (Phi) is 5.37. The van der Waals surface area contributed by atoms with Crippen LogP contribution in [-0.4, -0.2) is 45.9 Å². The monoisotopic (exact) mass is 348 g/mol. The number of hydrogen-bond donors (Lipinski definition) is 3. The summed E-state index contributed by atoms with van der Waals surface area (Å²) in [6, 6.07) is 5.53. The minimum Gasteiger partial charge on any atom is -0.497 e. The molecular formula is C18H24N2O5. The summed E-state index contributed by atoms with van der Waals surface area (Å²) in [5.74, 6) is -1.18. The molecule has 0 radical (unpaired) electrons. The van der Waals surface area contributed by atoms with Crippen LogP contribution in [-0.2, 0) is 11.3 Å². The zero-order valence-corrected chi connectivity index (χ0v) is 14.9. The molecule has 0 bridgehead atoms. The van der Waals surface area contributed by atoms with Gasteiger partial charge in [0.1, 0.15) is 5.75 Å². The number of carboxylic acid groups (broad SMARTS) is 1. The maximum absolute atomic E-state index is 12.7. The second kappa shape index (κ2) is 7.14. The van der Waals surface area contributed by atoms with Gasteiger partial charge in [0, 0.05) is 23.1 Å². The Bertz CT molecular complexity index is 807. The lowest BCUT2D eigenvalue weighted by molar-refractivity contribution is -0.155. The predicted molar refractivity (Wildman–Crippen MR) is 94.1 cm³/mol. The lowest BCUT2D eigenvalue weighted by atomic mass is 10.1. The normalized spacial score (nSPS) is 13.5. The highest BCUT2D eigenvalue weighted by Gasteiger charge is 2.31. The standard InChI is InChI=1S/C18H24N2O5/c1-5-8-20-11(2)15(13-9-12(25-4)6-7-14(13)20)16(21)19-10-18(3,24)17(22)23/h6-7,9,24H,5,8,10H2,1-4H3,(H,19,21)(H,22,23). The summed E-state index contributed by atoms with van der Waals surface area (Å²) in [5, 5.41) is 22.0. The second-order valence-corrected chi connectivity index (χ2v) is 6.26. The molecule has 1 aromatic carbocycles. The van der Waals surface area contributed by atoms with Crippen LogP contribution in [0.5, 0.6) is 5.75 Å². The van der Waals surface area contributed by atoms with Gasteiger partial charge >= 0.3 is 5.97 Å². The van der Waals surface area contributed by atoms with E-state index in [1.807, 2.05) is 19.1 Å². The number of benzene rings is 1. The summed E-state index contributed by atoms with van der Waals surface area (Å²) in [7, 11) is 1.56. The third kappa shape index (κ3) is 3.61. The van der Waals surface area contributed by atoms with Crippen LogP contribution in [0.15, 0.2) is 18.2 Å². The first kappa shape index (κ1) is 18.8. The molecule has 0 aliphatic carbocycles. The molecule has 2 aromatic rings. The van der Waals surface area contributed by atoms with Gasteiger partial charge in [0.15, 0.2) is 5.60 Å². The van der Waals surface area contributed by atoms with Crippen LogP contribution in [0.3, 0.4) is 0 Å². The Morgan fingerprint density at radius 1 is 1.36 bits per heavy atom. The number of nitrogens with zero attached hydrogens (tertiary/aromatic N) is 1. The first-order chi connectivity index (χ1) is 11.7. The van der Waals surface area contributed by atoms with E-state index in [1.165, 1.54) is 0 Å². The van der Waals surface area contributed by atoms with Crippen molar-refractivity contribution in [3.63, 3.8) is 0 Å². The summed E-state index contributed by atoms with van der Waals surface area (Å²) >= 11 is 0. The van der Waals surface area contributed by atoms with Gasteiger partial charge in [-0.2, -0.15) is 0 Å². The molecule has 25 heavy (non-hydrogen) atoms. The second-order valence-electron chi connectivity index (χ2n) is 6.26. The molecule has 136 valence electrons. The molecule has 1 heterocycles. The number of nitrogens with one attached hydrogen (secondary N) is 1. The molecule has 0 aliphatic rings. The average molecular weight is 348 g/mol. The first-order valence-electron chi connectivity index (χ1n) is 8.13. The van der Waals surface area contributed by atoms with Crippen LogP contribution in [0.25, 0.3) is 10.9 Å². The minimum atomic E-state index is -2.02. The van der Waals surface area contributed by atoms with Gasteiger partial charge in [-0.25, -0.2) is 4.79 Å². The third-order valence-corrected chi connectivity index (χ3v) is 4.26. The fraction of sp³-hybridized carbons (Fsp3) is 0.444. The number of carbonyl (C=O) groups is 2. The fourth-order valence-electron chi connectivity index (χ4n) is 2.80. The summed E-state index contributed by atoms with van der Waals surface area (Å²) in [5.41, 5.74) is 0.139. The van der Waals surface area contributed by atoms with Crippen molar-refractivity contribution in [1.82, 2.24) is 9.88 Å². The first-order valence-corrected chi connectivity index (χ1v) is 8.13. The number of aromatic nitrogens is 1. The number of methoxy groups -OCH3 is 1. The summed E-state index contributed by atoms with van der Waals surface area (Å²) in [6.45, 7) is 5.43. The van der Waals surface area contributed by atoms with Crippen LogP contribution in [0.2, 0.25) is 0 Å². The molecule has 1 atom stereocenters. The van der Waals surface area contributed by atoms with Crippen molar-refractivity contribution in [3.05, 3.63) is 29.5 Å². The van der Waals surface area contributed by atoms with Crippen molar-refractivity contribution in [2.45, 2.75) is 39.3 Å². The minimum absolute atomic E-state index is 0.384. The number of aryl methyl sites for hydroxylation is 1. The number of carbonyl (C=O) groups excluding carboxylic acids is 1. The van der Waals surface area contributed by atoms with Crippen LogP contribution in [0.1, 0.15) is 36.3 Å². The highest BCUT2D eigenvalue weighted by Crippen LogP contribution is 2.29. The molecule has 1 amide bonds. The molecule has 1 unspecified atom stereocenters. The lowest BCUT2D eigenvalue weighted by Crippen LogP contribution is -2.46. The number of amides is 1. The molecule has 0 saturated carbocycles. The topological polar surface area (TPSA) is 101 Å². The number of fused-ring (bicyclic) bond motifs is 1. The molecule has 7 nitrogen and oxygen atoms in total. The van der Waals surface area contributed by atoms with Crippen LogP contribution in [0.4, 0.5) is 0 Å².